The van der Waals surface area contributed by atoms with Crippen LogP contribution in [0.2, 0.25) is 0 Å². The molecular formula is C8H11NO3S. The third kappa shape index (κ3) is 2.80. The number of hydrogen-bond donors (Lipinski definition) is 2. The summed E-state index contributed by atoms with van der Waals surface area (Å²) in [5.41, 5.74) is 3.16. The zero-order chi connectivity index (χ0) is 9.68. The first-order valence-electron chi connectivity index (χ1n) is 3.82. The van der Waals surface area contributed by atoms with E-state index in [1.54, 1.807) is 0 Å². The second-order valence-corrected chi connectivity index (χ2v) is 3.35. The van der Waals surface area contributed by atoms with Crippen molar-refractivity contribution in [1.82, 2.24) is 5.48 Å². The van der Waals surface area contributed by atoms with Crippen LogP contribution in [0.25, 0.3) is 0 Å². The Morgan fingerprint density at radius 3 is 3.08 bits per heavy atom. The Kier molecular flexibility index (Phi) is 3.88. The standard InChI is InChI=1S/C8H11NO3S/c1-6-2-5-13-7(6)8(11)9-12-4-3-10/h2,5,10H,3-4H2,1H3,(H,9,11). The monoisotopic (exact) mass is 201 g/mol. The first kappa shape index (κ1) is 10.2. The second-order valence-electron chi connectivity index (χ2n) is 2.44. The summed E-state index contributed by atoms with van der Waals surface area (Å²) in [5, 5.41) is 10.2. The molecule has 72 valence electrons. The number of carbonyl (C=O) groups excluding carboxylic acids is 1. The van der Waals surface area contributed by atoms with Crippen molar-refractivity contribution in [2.45, 2.75) is 6.92 Å². The number of aryl methyl sites for hydroxylation is 1. The van der Waals surface area contributed by atoms with Crippen molar-refractivity contribution in [2.75, 3.05) is 13.2 Å². The lowest BCUT2D eigenvalue weighted by atomic mass is 10.3. The Bertz CT molecular complexity index is 285. The van der Waals surface area contributed by atoms with Crippen molar-refractivity contribution in [2.24, 2.45) is 0 Å². The Labute approximate surface area is 80.1 Å². The minimum Gasteiger partial charge on any atom is -0.394 e. The largest absolute Gasteiger partial charge is 0.394 e. The van der Waals surface area contributed by atoms with Gasteiger partial charge in [0.05, 0.1) is 18.1 Å². The number of amides is 1. The third-order valence-corrected chi connectivity index (χ3v) is 2.44. The van der Waals surface area contributed by atoms with Gasteiger partial charge in [0.2, 0.25) is 0 Å². The molecule has 0 saturated carbocycles. The average Bonchev–Trinajstić information content (AvgIpc) is 2.52. The van der Waals surface area contributed by atoms with Gasteiger partial charge in [-0.05, 0) is 23.9 Å². The summed E-state index contributed by atoms with van der Waals surface area (Å²) < 4.78 is 0. The highest BCUT2D eigenvalue weighted by Crippen LogP contribution is 2.14. The molecule has 5 heteroatoms. The summed E-state index contributed by atoms with van der Waals surface area (Å²) in [6.07, 6.45) is 0. The van der Waals surface area contributed by atoms with E-state index < -0.39 is 0 Å². The SMILES string of the molecule is Cc1ccsc1C(=O)NOCCO. The first-order chi connectivity index (χ1) is 6.25. The van der Waals surface area contributed by atoms with Gasteiger partial charge < -0.3 is 5.11 Å². The lowest BCUT2D eigenvalue weighted by molar-refractivity contribution is 0.0171. The summed E-state index contributed by atoms with van der Waals surface area (Å²) >= 11 is 1.36. The molecule has 4 nitrogen and oxygen atoms in total. The van der Waals surface area contributed by atoms with Gasteiger partial charge in [0.25, 0.3) is 5.91 Å². The van der Waals surface area contributed by atoms with Crippen molar-refractivity contribution in [3.8, 4) is 0 Å². The number of hydrogen-bond acceptors (Lipinski definition) is 4. The van der Waals surface area contributed by atoms with Crippen molar-refractivity contribution in [3.63, 3.8) is 0 Å². The third-order valence-electron chi connectivity index (χ3n) is 1.43. The molecule has 13 heavy (non-hydrogen) atoms. The predicted molar refractivity (Wildman–Crippen MR) is 49.6 cm³/mol. The maximum absolute atomic E-state index is 11.3. The van der Waals surface area contributed by atoms with E-state index in [4.69, 9.17) is 5.11 Å². The van der Waals surface area contributed by atoms with Crippen LogP contribution in [0.5, 0.6) is 0 Å². The van der Waals surface area contributed by atoms with Crippen LogP contribution in [-0.2, 0) is 4.84 Å². The van der Waals surface area contributed by atoms with E-state index in [1.165, 1.54) is 11.3 Å². The number of hydroxylamine groups is 1. The van der Waals surface area contributed by atoms with Crippen molar-refractivity contribution in [1.29, 1.82) is 0 Å². The fraction of sp³-hybridized carbons (Fsp3) is 0.375. The number of aliphatic hydroxyl groups excluding tert-OH is 1. The minimum atomic E-state index is -0.263. The molecule has 0 atom stereocenters. The molecule has 0 radical (unpaired) electrons. The van der Waals surface area contributed by atoms with Crippen LogP contribution in [0.15, 0.2) is 11.4 Å². The number of thiophene rings is 1. The molecule has 1 aromatic rings. The summed E-state index contributed by atoms with van der Waals surface area (Å²) in [7, 11) is 0. The molecule has 0 aliphatic carbocycles. The highest BCUT2D eigenvalue weighted by Gasteiger charge is 2.09. The highest BCUT2D eigenvalue weighted by atomic mass is 32.1. The molecule has 1 heterocycles. The van der Waals surface area contributed by atoms with Gasteiger partial charge in [-0.15, -0.1) is 11.3 Å². The first-order valence-corrected chi connectivity index (χ1v) is 4.70. The van der Waals surface area contributed by atoms with Gasteiger partial charge in [-0.3, -0.25) is 9.63 Å². The average molecular weight is 201 g/mol. The Hall–Kier alpha value is -0.910. The summed E-state index contributed by atoms with van der Waals surface area (Å²) in [5.74, 6) is -0.263. The van der Waals surface area contributed by atoms with E-state index in [9.17, 15) is 4.79 Å². The van der Waals surface area contributed by atoms with Gasteiger partial charge in [-0.25, -0.2) is 5.48 Å². The molecule has 0 aliphatic heterocycles. The maximum atomic E-state index is 11.3. The van der Waals surface area contributed by atoms with Gasteiger partial charge in [0.1, 0.15) is 0 Å². The Morgan fingerprint density at radius 2 is 2.54 bits per heavy atom. The molecule has 1 amide bonds. The van der Waals surface area contributed by atoms with Crippen LogP contribution in [0.4, 0.5) is 0 Å². The molecule has 0 unspecified atom stereocenters. The van der Waals surface area contributed by atoms with E-state index >= 15 is 0 Å². The lowest BCUT2D eigenvalue weighted by Gasteiger charge is -2.02. The molecule has 0 saturated heterocycles. The second kappa shape index (κ2) is 4.96. The fourth-order valence-electron chi connectivity index (χ4n) is 0.814. The van der Waals surface area contributed by atoms with Gasteiger partial charge >= 0.3 is 0 Å². The quantitative estimate of drug-likeness (QED) is 0.557. The van der Waals surface area contributed by atoms with E-state index in [-0.39, 0.29) is 19.1 Å². The summed E-state index contributed by atoms with van der Waals surface area (Å²) in [6.45, 7) is 1.86. The van der Waals surface area contributed by atoms with Gasteiger partial charge in [-0.2, -0.15) is 0 Å². The predicted octanol–water partition coefficient (Wildman–Crippen LogP) is 0.710. The highest BCUT2D eigenvalue weighted by molar-refractivity contribution is 7.12. The van der Waals surface area contributed by atoms with E-state index in [2.05, 4.69) is 10.3 Å². The molecule has 2 N–H and O–H groups in total. The van der Waals surface area contributed by atoms with Crippen LogP contribution < -0.4 is 5.48 Å². The number of carbonyl (C=O) groups is 1. The molecular weight excluding hydrogens is 190 g/mol. The Morgan fingerprint density at radius 1 is 1.77 bits per heavy atom. The molecule has 1 rings (SSSR count). The molecule has 1 aromatic heterocycles. The molecule has 0 aromatic carbocycles. The fourth-order valence-corrected chi connectivity index (χ4v) is 1.62. The molecule has 0 fully saturated rings. The Balaban J connectivity index is 2.45. The van der Waals surface area contributed by atoms with Crippen LogP contribution >= 0.6 is 11.3 Å². The van der Waals surface area contributed by atoms with Crippen molar-refractivity contribution >= 4 is 17.2 Å². The molecule has 0 aliphatic rings. The minimum absolute atomic E-state index is 0.107. The molecule has 0 bridgehead atoms. The summed E-state index contributed by atoms with van der Waals surface area (Å²) in [4.78, 5) is 16.6. The number of aliphatic hydroxyl groups is 1. The number of nitrogens with one attached hydrogen (secondary N) is 1. The smallest absolute Gasteiger partial charge is 0.285 e. The zero-order valence-corrected chi connectivity index (χ0v) is 8.06. The normalized spacial score (nSPS) is 10.0. The maximum Gasteiger partial charge on any atom is 0.285 e. The van der Waals surface area contributed by atoms with E-state index in [0.29, 0.717) is 4.88 Å². The van der Waals surface area contributed by atoms with Crippen molar-refractivity contribution in [3.05, 3.63) is 21.9 Å². The van der Waals surface area contributed by atoms with E-state index in [1.807, 2.05) is 18.4 Å². The zero-order valence-electron chi connectivity index (χ0n) is 7.24. The van der Waals surface area contributed by atoms with Gasteiger partial charge in [0, 0.05) is 0 Å². The topological polar surface area (TPSA) is 58.6 Å². The van der Waals surface area contributed by atoms with Crippen LogP contribution in [0.3, 0.4) is 0 Å². The lowest BCUT2D eigenvalue weighted by Crippen LogP contribution is -2.24. The van der Waals surface area contributed by atoms with Crippen LogP contribution in [0, 0.1) is 6.92 Å². The summed E-state index contributed by atoms with van der Waals surface area (Å²) in [6, 6.07) is 1.87. The molecule has 0 spiro atoms. The van der Waals surface area contributed by atoms with Gasteiger partial charge in [0.15, 0.2) is 0 Å². The van der Waals surface area contributed by atoms with E-state index in [0.717, 1.165) is 5.56 Å². The van der Waals surface area contributed by atoms with Crippen LogP contribution in [0.1, 0.15) is 15.2 Å². The number of rotatable bonds is 4. The van der Waals surface area contributed by atoms with Crippen molar-refractivity contribution < 1.29 is 14.7 Å². The van der Waals surface area contributed by atoms with Gasteiger partial charge in [-0.1, -0.05) is 0 Å². The van der Waals surface area contributed by atoms with Crippen LogP contribution in [-0.4, -0.2) is 24.2 Å².